The lowest BCUT2D eigenvalue weighted by atomic mass is 10.0. The Kier molecular flexibility index (Phi) is 4.30. The van der Waals surface area contributed by atoms with E-state index in [0.29, 0.717) is 21.2 Å². The highest BCUT2D eigenvalue weighted by Gasteiger charge is 2.21. The quantitative estimate of drug-likeness (QED) is 0.766. The molecule has 0 saturated heterocycles. The Labute approximate surface area is 125 Å². The van der Waals surface area contributed by atoms with Crippen molar-refractivity contribution in [3.8, 4) is 11.1 Å². The zero-order valence-corrected chi connectivity index (χ0v) is 12.1. The van der Waals surface area contributed by atoms with Crippen LogP contribution in [-0.4, -0.2) is 18.1 Å². The molecule has 1 heterocycles. The van der Waals surface area contributed by atoms with Crippen LogP contribution in [0, 0.1) is 0 Å². The monoisotopic (exact) mass is 315 g/mol. The second-order valence-corrected chi connectivity index (χ2v) is 4.85. The molecule has 6 heteroatoms. The molecule has 1 aromatic heterocycles. The van der Waals surface area contributed by atoms with Gasteiger partial charge in [-0.1, -0.05) is 40.9 Å². The lowest BCUT2D eigenvalue weighted by Crippen LogP contribution is -2.05. The molecule has 0 radical (unpaired) electrons. The molecular weight excluding hydrogens is 309 g/mol. The van der Waals surface area contributed by atoms with Gasteiger partial charge in [0.2, 0.25) is 0 Å². The minimum atomic E-state index is -0.571. The maximum absolute atomic E-state index is 11.8. The van der Waals surface area contributed by atoms with Crippen LogP contribution >= 0.6 is 34.8 Å². The van der Waals surface area contributed by atoms with Gasteiger partial charge in [-0.25, -0.2) is 4.79 Å². The average Bonchev–Trinajstić information content (AvgIpc) is 2.38. The standard InChI is InChI=1S/C13H8Cl3NO2/c1-19-13(18)12-7(5-17-6-10(12)16)11-8(14)3-2-4-9(11)15/h2-6H,1H3. The number of nitrogens with zero attached hydrogens (tertiary/aromatic N) is 1. The van der Waals surface area contributed by atoms with Gasteiger partial charge in [0.25, 0.3) is 0 Å². The number of carbonyl (C=O) groups excluding carboxylic acids is 1. The fourth-order valence-corrected chi connectivity index (χ4v) is 2.53. The van der Waals surface area contributed by atoms with Crippen molar-refractivity contribution in [1.82, 2.24) is 4.98 Å². The summed E-state index contributed by atoms with van der Waals surface area (Å²) in [5, 5.41) is 0.990. The summed E-state index contributed by atoms with van der Waals surface area (Å²) in [6.07, 6.45) is 2.84. The molecule has 0 amide bonds. The van der Waals surface area contributed by atoms with E-state index in [0.717, 1.165) is 0 Å². The van der Waals surface area contributed by atoms with Crippen LogP contribution in [-0.2, 0) is 4.74 Å². The predicted molar refractivity (Wildman–Crippen MR) is 76.0 cm³/mol. The zero-order valence-electron chi connectivity index (χ0n) is 9.78. The van der Waals surface area contributed by atoms with Gasteiger partial charge in [-0.15, -0.1) is 0 Å². The molecule has 0 aliphatic rings. The molecule has 2 aromatic rings. The van der Waals surface area contributed by atoms with E-state index in [1.165, 1.54) is 19.5 Å². The molecule has 3 nitrogen and oxygen atoms in total. The van der Waals surface area contributed by atoms with Gasteiger partial charge in [0.05, 0.1) is 17.7 Å². The van der Waals surface area contributed by atoms with E-state index in [9.17, 15) is 4.79 Å². The van der Waals surface area contributed by atoms with Crippen LogP contribution in [0.2, 0.25) is 15.1 Å². The molecule has 0 atom stereocenters. The van der Waals surface area contributed by atoms with Crippen LogP contribution in [0.3, 0.4) is 0 Å². The molecule has 19 heavy (non-hydrogen) atoms. The molecule has 0 spiro atoms. The molecule has 0 fully saturated rings. The summed E-state index contributed by atoms with van der Waals surface area (Å²) in [6, 6.07) is 5.05. The zero-order chi connectivity index (χ0) is 14.0. The number of carbonyl (C=O) groups is 1. The summed E-state index contributed by atoms with van der Waals surface area (Å²) in [6.45, 7) is 0. The molecule has 0 aliphatic carbocycles. The number of esters is 1. The topological polar surface area (TPSA) is 39.2 Å². The molecule has 2 rings (SSSR count). The predicted octanol–water partition coefficient (Wildman–Crippen LogP) is 4.50. The maximum atomic E-state index is 11.8. The molecule has 0 aliphatic heterocycles. The fraction of sp³-hybridized carbons (Fsp3) is 0.0769. The van der Waals surface area contributed by atoms with Gasteiger partial charge >= 0.3 is 5.97 Å². The molecule has 98 valence electrons. The smallest absolute Gasteiger partial charge is 0.340 e. The Bertz CT molecular complexity index is 624. The van der Waals surface area contributed by atoms with Crippen molar-refractivity contribution < 1.29 is 9.53 Å². The van der Waals surface area contributed by atoms with Crippen molar-refractivity contribution in [3.05, 3.63) is 51.2 Å². The van der Waals surface area contributed by atoms with Crippen LogP contribution in [0.25, 0.3) is 11.1 Å². The number of pyridine rings is 1. The SMILES string of the molecule is COC(=O)c1c(Cl)cncc1-c1c(Cl)cccc1Cl. The van der Waals surface area contributed by atoms with Crippen molar-refractivity contribution in [3.63, 3.8) is 0 Å². The van der Waals surface area contributed by atoms with Gasteiger partial charge in [-0.05, 0) is 12.1 Å². The van der Waals surface area contributed by atoms with E-state index in [4.69, 9.17) is 39.5 Å². The summed E-state index contributed by atoms with van der Waals surface area (Å²) in [4.78, 5) is 15.8. The van der Waals surface area contributed by atoms with E-state index in [-0.39, 0.29) is 10.6 Å². The Morgan fingerprint density at radius 3 is 2.32 bits per heavy atom. The first kappa shape index (κ1) is 14.1. The van der Waals surface area contributed by atoms with E-state index < -0.39 is 5.97 Å². The van der Waals surface area contributed by atoms with Gasteiger partial charge < -0.3 is 4.74 Å². The highest BCUT2D eigenvalue weighted by atomic mass is 35.5. The first-order chi connectivity index (χ1) is 9.06. The van der Waals surface area contributed by atoms with Crippen molar-refractivity contribution in [1.29, 1.82) is 0 Å². The Morgan fingerprint density at radius 2 is 1.74 bits per heavy atom. The van der Waals surface area contributed by atoms with Gasteiger partial charge in [0, 0.05) is 33.6 Å². The van der Waals surface area contributed by atoms with E-state index in [1.807, 2.05) is 0 Å². The number of rotatable bonds is 2. The minimum Gasteiger partial charge on any atom is -0.465 e. The fourth-order valence-electron chi connectivity index (χ4n) is 1.69. The molecule has 0 N–H and O–H groups in total. The van der Waals surface area contributed by atoms with E-state index >= 15 is 0 Å². The van der Waals surface area contributed by atoms with Crippen molar-refractivity contribution in [2.75, 3.05) is 7.11 Å². The van der Waals surface area contributed by atoms with Crippen LogP contribution < -0.4 is 0 Å². The van der Waals surface area contributed by atoms with Crippen molar-refractivity contribution >= 4 is 40.8 Å². The van der Waals surface area contributed by atoms with Gasteiger partial charge in [0.15, 0.2) is 0 Å². The van der Waals surface area contributed by atoms with Crippen molar-refractivity contribution in [2.45, 2.75) is 0 Å². The largest absolute Gasteiger partial charge is 0.465 e. The third-order valence-electron chi connectivity index (χ3n) is 2.52. The number of ether oxygens (including phenoxy) is 1. The Balaban J connectivity index is 2.76. The summed E-state index contributed by atoms with van der Waals surface area (Å²) in [5.74, 6) is -0.571. The van der Waals surface area contributed by atoms with Crippen LogP contribution in [0.4, 0.5) is 0 Å². The number of hydrogen-bond donors (Lipinski definition) is 0. The van der Waals surface area contributed by atoms with Crippen LogP contribution in [0.5, 0.6) is 0 Å². The number of halogens is 3. The summed E-state index contributed by atoms with van der Waals surface area (Å²) in [5.41, 5.74) is 1.13. The Morgan fingerprint density at radius 1 is 1.11 bits per heavy atom. The second kappa shape index (κ2) is 5.78. The number of methoxy groups -OCH3 is 1. The maximum Gasteiger partial charge on any atom is 0.340 e. The lowest BCUT2D eigenvalue weighted by Gasteiger charge is -2.12. The average molecular weight is 317 g/mol. The third kappa shape index (κ3) is 2.68. The van der Waals surface area contributed by atoms with Crippen LogP contribution in [0.15, 0.2) is 30.6 Å². The minimum absolute atomic E-state index is 0.181. The van der Waals surface area contributed by atoms with Gasteiger partial charge in [-0.2, -0.15) is 0 Å². The molecule has 0 saturated carbocycles. The summed E-state index contributed by atoms with van der Waals surface area (Å²) in [7, 11) is 1.27. The number of aromatic nitrogens is 1. The summed E-state index contributed by atoms with van der Waals surface area (Å²) < 4.78 is 4.72. The normalized spacial score (nSPS) is 10.3. The van der Waals surface area contributed by atoms with Crippen molar-refractivity contribution in [2.24, 2.45) is 0 Å². The summed E-state index contributed by atoms with van der Waals surface area (Å²) >= 11 is 18.3. The number of hydrogen-bond acceptors (Lipinski definition) is 3. The highest BCUT2D eigenvalue weighted by molar-refractivity contribution is 6.40. The molecule has 1 aromatic carbocycles. The highest BCUT2D eigenvalue weighted by Crippen LogP contribution is 2.38. The van der Waals surface area contributed by atoms with E-state index in [2.05, 4.69) is 4.98 Å². The Hall–Kier alpha value is -1.29. The van der Waals surface area contributed by atoms with Crippen LogP contribution in [0.1, 0.15) is 10.4 Å². The third-order valence-corrected chi connectivity index (χ3v) is 3.44. The molecular formula is C13H8Cl3NO2. The van der Waals surface area contributed by atoms with Gasteiger partial charge in [-0.3, -0.25) is 4.98 Å². The van der Waals surface area contributed by atoms with Gasteiger partial charge in [0.1, 0.15) is 0 Å². The number of benzene rings is 1. The molecule has 0 unspecified atom stereocenters. The first-order valence-electron chi connectivity index (χ1n) is 5.22. The molecule has 0 bridgehead atoms. The second-order valence-electron chi connectivity index (χ2n) is 3.63. The lowest BCUT2D eigenvalue weighted by molar-refractivity contribution is 0.0601. The first-order valence-corrected chi connectivity index (χ1v) is 6.36. The van der Waals surface area contributed by atoms with E-state index in [1.54, 1.807) is 18.2 Å².